The quantitative estimate of drug-likeness (QED) is 0.392. The molecule has 3 rings (SSSR count). The molecule has 0 unspecified atom stereocenters. The van der Waals surface area contributed by atoms with Gasteiger partial charge in [0, 0.05) is 30.0 Å². The van der Waals surface area contributed by atoms with Crippen molar-refractivity contribution in [2.24, 2.45) is 0 Å². The van der Waals surface area contributed by atoms with Crippen LogP contribution in [0.15, 0.2) is 18.2 Å². The minimum absolute atomic E-state index is 0.0472. The Morgan fingerprint density at radius 1 is 1.17 bits per heavy atom. The molecule has 1 aromatic heterocycles. The van der Waals surface area contributed by atoms with Crippen molar-refractivity contribution < 1.29 is 28.7 Å². The maximum atomic E-state index is 14.1. The van der Waals surface area contributed by atoms with Crippen molar-refractivity contribution in [2.75, 3.05) is 37.6 Å². The highest BCUT2D eigenvalue weighted by atomic mass is 19.1. The molecule has 0 bridgehead atoms. The van der Waals surface area contributed by atoms with Crippen LogP contribution in [0.5, 0.6) is 0 Å². The van der Waals surface area contributed by atoms with Gasteiger partial charge in [-0.15, -0.1) is 0 Å². The number of benzene rings is 1. The Hall–Kier alpha value is -3.99. The zero-order valence-corrected chi connectivity index (χ0v) is 20.7. The highest BCUT2D eigenvalue weighted by Crippen LogP contribution is 2.38. The summed E-state index contributed by atoms with van der Waals surface area (Å²) in [6, 6.07) is 3.55. The number of aromatic nitrogens is 1. The number of halogens is 1. The Morgan fingerprint density at radius 2 is 1.86 bits per heavy atom. The number of anilines is 1. The van der Waals surface area contributed by atoms with Crippen LogP contribution in [0.2, 0.25) is 0 Å². The second-order valence-electron chi connectivity index (χ2n) is 8.36. The van der Waals surface area contributed by atoms with Gasteiger partial charge >= 0.3 is 6.09 Å². The summed E-state index contributed by atoms with van der Waals surface area (Å²) in [5, 5.41) is 13.6. The van der Waals surface area contributed by atoms with Gasteiger partial charge in [0.25, 0.3) is 17.7 Å². The molecule has 2 heterocycles. The van der Waals surface area contributed by atoms with Gasteiger partial charge in [-0.25, -0.2) is 14.1 Å². The topological polar surface area (TPSA) is 135 Å². The lowest BCUT2D eigenvalue weighted by atomic mass is 10.0. The second kappa shape index (κ2) is 11.2. The number of likely N-dealkylation sites (N-methyl/N-ethyl adjacent to an activating group) is 1. The molecule has 36 heavy (non-hydrogen) atoms. The number of aromatic amines is 1. The molecule has 4 N–H and O–H groups in total. The Labute approximate surface area is 208 Å². The average molecular weight is 500 g/mol. The van der Waals surface area contributed by atoms with Crippen molar-refractivity contribution in [3.8, 4) is 0 Å². The number of imide groups is 1. The van der Waals surface area contributed by atoms with Crippen LogP contribution in [0, 0.1) is 19.7 Å². The van der Waals surface area contributed by atoms with E-state index in [0.717, 1.165) is 36.7 Å². The van der Waals surface area contributed by atoms with E-state index >= 15 is 0 Å². The summed E-state index contributed by atoms with van der Waals surface area (Å²) in [6.45, 7) is 9.93. The smallest absolute Gasteiger partial charge is 0.405 e. The van der Waals surface area contributed by atoms with Crippen LogP contribution < -0.4 is 15.5 Å². The monoisotopic (exact) mass is 499 g/mol. The molecule has 0 saturated carbocycles. The fraction of sp³-hybridized carbons (Fsp3) is 0.360. The molecule has 0 aliphatic carbocycles. The predicted molar refractivity (Wildman–Crippen MR) is 133 cm³/mol. The fourth-order valence-electron chi connectivity index (χ4n) is 4.24. The number of rotatable bonds is 9. The number of hydrogen-bond acceptors (Lipinski definition) is 5. The standard InChI is InChI=1S/C25H30FN5O5/c1-5-30(6-2)10-9-27-23(33)22-14(3)19(29-15(22)4)12-18-17-11-16(26)7-8-20(17)31(24(18)34)21(32)13-28-25(35)36/h7-8,11-12,28-29H,5-6,9-10,13H2,1-4H3,(H,27,33)(H,35,36). The third kappa shape index (κ3) is 5.46. The van der Waals surface area contributed by atoms with Crippen LogP contribution in [0.4, 0.5) is 14.9 Å². The molecule has 0 radical (unpaired) electrons. The number of hydrogen-bond donors (Lipinski definition) is 4. The molecule has 2 aromatic rings. The van der Waals surface area contributed by atoms with Crippen LogP contribution in [-0.4, -0.2) is 71.5 Å². The Bertz CT molecular complexity index is 1230. The molecule has 0 saturated heterocycles. The zero-order valence-electron chi connectivity index (χ0n) is 20.7. The molecule has 0 spiro atoms. The van der Waals surface area contributed by atoms with Crippen LogP contribution in [-0.2, 0) is 9.59 Å². The third-order valence-electron chi connectivity index (χ3n) is 6.16. The molecule has 0 fully saturated rings. The van der Waals surface area contributed by atoms with Gasteiger partial charge in [0.15, 0.2) is 0 Å². The number of carbonyl (C=O) groups excluding carboxylic acids is 3. The van der Waals surface area contributed by atoms with Gasteiger partial charge in [0.2, 0.25) is 0 Å². The second-order valence-corrected chi connectivity index (χ2v) is 8.36. The first-order valence-corrected chi connectivity index (χ1v) is 11.6. The van der Waals surface area contributed by atoms with Gasteiger partial charge in [-0.3, -0.25) is 14.4 Å². The average Bonchev–Trinajstić information content (AvgIpc) is 3.26. The molecule has 192 valence electrons. The van der Waals surface area contributed by atoms with E-state index in [1.54, 1.807) is 13.8 Å². The normalized spacial score (nSPS) is 13.9. The Morgan fingerprint density at radius 3 is 2.50 bits per heavy atom. The van der Waals surface area contributed by atoms with Crippen molar-refractivity contribution in [1.29, 1.82) is 0 Å². The number of H-pyrrole nitrogens is 1. The summed E-state index contributed by atoms with van der Waals surface area (Å²) in [6.07, 6.45) is 0.0681. The summed E-state index contributed by atoms with van der Waals surface area (Å²) in [5.74, 6) is -2.37. The summed E-state index contributed by atoms with van der Waals surface area (Å²) < 4.78 is 14.1. The van der Waals surface area contributed by atoms with Crippen LogP contribution in [0.25, 0.3) is 11.6 Å². The number of nitrogens with one attached hydrogen (secondary N) is 3. The van der Waals surface area contributed by atoms with Crippen LogP contribution >= 0.6 is 0 Å². The van der Waals surface area contributed by atoms with Crippen molar-refractivity contribution in [3.05, 3.63) is 52.1 Å². The Balaban J connectivity index is 1.92. The SMILES string of the molecule is CCN(CC)CCNC(=O)c1c(C)[nH]c(C=C2C(=O)N(C(=O)CNC(=O)O)c3ccc(F)cc32)c1C. The number of carbonyl (C=O) groups is 4. The van der Waals surface area contributed by atoms with Gasteiger partial charge in [0.05, 0.1) is 16.8 Å². The highest BCUT2D eigenvalue weighted by molar-refractivity contribution is 6.42. The summed E-state index contributed by atoms with van der Waals surface area (Å²) in [4.78, 5) is 55.6. The molecular formula is C25H30FN5O5. The number of carboxylic acid groups (broad SMARTS) is 1. The lowest BCUT2D eigenvalue weighted by Crippen LogP contribution is -2.41. The van der Waals surface area contributed by atoms with E-state index in [9.17, 15) is 23.6 Å². The largest absolute Gasteiger partial charge is 0.465 e. The van der Waals surface area contributed by atoms with Gasteiger partial charge in [0.1, 0.15) is 12.4 Å². The van der Waals surface area contributed by atoms with Gasteiger partial charge in [-0.2, -0.15) is 0 Å². The molecule has 4 amide bonds. The predicted octanol–water partition coefficient (Wildman–Crippen LogP) is 2.52. The first-order valence-electron chi connectivity index (χ1n) is 11.6. The first kappa shape index (κ1) is 26.6. The van der Waals surface area contributed by atoms with Crippen molar-refractivity contribution in [2.45, 2.75) is 27.7 Å². The van der Waals surface area contributed by atoms with E-state index in [1.807, 2.05) is 5.32 Å². The van der Waals surface area contributed by atoms with Gasteiger partial charge in [-0.1, -0.05) is 13.8 Å². The van der Waals surface area contributed by atoms with E-state index in [0.29, 0.717) is 29.1 Å². The third-order valence-corrected chi connectivity index (χ3v) is 6.16. The highest BCUT2D eigenvalue weighted by Gasteiger charge is 2.37. The summed E-state index contributed by atoms with van der Waals surface area (Å²) in [7, 11) is 0. The molecule has 10 nitrogen and oxygen atoms in total. The maximum Gasteiger partial charge on any atom is 0.405 e. The van der Waals surface area contributed by atoms with Crippen molar-refractivity contribution in [1.82, 2.24) is 20.5 Å². The minimum atomic E-state index is -1.41. The molecular weight excluding hydrogens is 469 g/mol. The van der Waals surface area contributed by atoms with E-state index < -0.39 is 30.3 Å². The minimum Gasteiger partial charge on any atom is -0.465 e. The number of aryl methyl sites for hydroxylation is 1. The summed E-state index contributed by atoms with van der Waals surface area (Å²) in [5.41, 5.74) is 2.51. The van der Waals surface area contributed by atoms with Crippen LogP contribution in [0.3, 0.4) is 0 Å². The first-order chi connectivity index (χ1) is 17.1. The number of amides is 4. The molecule has 1 aliphatic rings. The van der Waals surface area contributed by atoms with E-state index in [4.69, 9.17) is 5.11 Å². The van der Waals surface area contributed by atoms with Crippen molar-refractivity contribution >= 4 is 41.2 Å². The fourth-order valence-corrected chi connectivity index (χ4v) is 4.24. The number of nitrogens with zero attached hydrogens (tertiary/aromatic N) is 2. The lowest BCUT2D eigenvalue weighted by molar-refractivity contribution is -0.123. The molecule has 11 heteroatoms. The Kier molecular flexibility index (Phi) is 8.25. The van der Waals surface area contributed by atoms with Gasteiger partial charge < -0.3 is 25.6 Å². The zero-order chi connectivity index (χ0) is 26.6. The lowest BCUT2D eigenvalue weighted by Gasteiger charge is -2.18. The molecule has 1 aromatic carbocycles. The van der Waals surface area contributed by atoms with Gasteiger partial charge in [-0.05, 0) is 56.8 Å². The number of fused-ring (bicyclic) bond motifs is 1. The van der Waals surface area contributed by atoms with Crippen molar-refractivity contribution in [3.63, 3.8) is 0 Å². The molecule has 1 aliphatic heterocycles. The van der Waals surface area contributed by atoms with E-state index in [2.05, 4.69) is 29.0 Å². The van der Waals surface area contributed by atoms with E-state index in [1.165, 1.54) is 12.1 Å². The van der Waals surface area contributed by atoms with Crippen LogP contribution in [0.1, 0.15) is 46.7 Å². The maximum absolute atomic E-state index is 14.1. The van der Waals surface area contributed by atoms with E-state index in [-0.39, 0.29) is 22.7 Å². The molecule has 0 atom stereocenters. The summed E-state index contributed by atoms with van der Waals surface area (Å²) >= 11 is 0.